The van der Waals surface area contributed by atoms with Crippen molar-refractivity contribution in [3.63, 3.8) is 0 Å². The van der Waals surface area contributed by atoms with Gasteiger partial charge in [-0.15, -0.1) is 0 Å². The highest BCUT2D eigenvalue weighted by Crippen LogP contribution is 2.25. The van der Waals surface area contributed by atoms with Crippen LogP contribution in [-0.2, 0) is 10.0 Å². The molecule has 21 heavy (non-hydrogen) atoms. The van der Waals surface area contributed by atoms with Crippen molar-refractivity contribution < 1.29 is 8.42 Å². The zero-order valence-corrected chi connectivity index (χ0v) is 12.7. The highest BCUT2D eigenvalue weighted by molar-refractivity contribution is 7.92. The number of nitrogens with one attached hydrogen (secondary N) is 1. The molecule has 0 fully saturated rings. The average molecular weight is 322 g/mol. The van der Waals surface area contributed by atoms with Crippen LogP contribution in [0.4, 0.5) is 11.4 Å². The van der Waals surface area contributed by atoms with E-state index in [1.54, 1.807) is 19.1 Å². The minimum absolute atomic E-state index is 0.0614. The van der Waals surface area contributed by atoms with Gasteiger partial charge < -0.3 is 5.73 Å². The number of anilines is 2. The van der Waals surface area contributed by atoms with Crippen LogP contribution in [0.3, 0.4) is 0 Å². The Morgan fingerprint density at radius 3 is 2.62 bits per heavy atom. The second kappa shape index (κ2) is 5.64. The molecule has 2 rings (SSSR count). The molecular weight excluding hydrogens is 310 g/mol. The summed E-state index contributed by atoms with van der Waals surface area (Å²) in [5, 5.41) is 9.36. The molecule has 7 heteroatoms. The maximum atomic E-state index is 12.4. The zero-order chi connectivity index (χ0) is 15.6. The average Bonchev–Trinajstić information content (AvgIpc) is 2.41. The molecule has 0 aromatic heterocycles. The third-order valence-electron chi connectivity index (χ3n) is 2.85. The summed E-state index contributed by atoms with van der Waals surface area (Å²) < 4.78 is 27.2. The summed E-state index contributed by atoms with van der Waals surface area (Å²) in [6.07, 6.45) is 0. The van der Waals surface area contributed by atoms with Crippen molar-refractivity contribution in [3.8, 4) is 6.07 Å². The van der Waals surface area contributed by atoms with Crippen LogP contribution >= 0.6 is 11.6 Å². The minimum Gasteiger partial charge on any atom is -0.399 e. The molecule has 0 saturated carbocycles. The van der Waals surface area contributed by atoms with Gasteiger partial charge in [-0.25, -0.2) is 8.42 Å². The molecule has 0 unspecified atom stereocenters. The van der Waals surface area contributed by atoms with E-state index in [4.69, 9.17) is 22.6 Å². The van der Waals surface area contributed by atoms with Crippen molar-refractivity contribution >= 4 is 33.0 Å². The Labute approximate surface area is 128 Å². The van der Waals surface area contributed by atoms with E-state index in [2.05, 4.69) is 4.72 Å². The fraction of sp³-hybridized carbons (Fsp3) is 0.0714. The predicted octanol–water partition coefficient (Wildman–Crippen LogP) is 2.90. The Morgan fingerprint density at radius 1 is 1.24 bits per heavy atom. The van der Waals surface area contributed by atoms with Gasteiger partial charge in [0.2, 0.25) is 0 Å². The lowest BCUT2D eigenvalue weighted by atomic mass is 10.2. The highest BCUT2D eigenvalue weighted by Gasteiger charge is 2.19. The van der Waals surface area contributed by atoms with Crippen molar-refractivity contribution in [2.45, 2.75) is 11.8 Å². The van der Waals surface area contributed by atoms with Gasteiger partial charge in [-0.1, -0.05) is 17.7 Å². The molecule has 0 aliphatic heterocycles. The molecule has 2 aromatic rings. The van der Waals surface area contributed by atoms with Crippen LogP contribution in [0.2, 0.25) is 5.02 Å². The largest absolute Gasteiger partial charge is 0.399 e. The summed E-state index contributed by atoms with van der Waals surface area (Å²) >= 11 is 5.84. The minimum atomic E-state index is -3.86. The number of benzene rings is 2. The Hall–Kier alpha value is -2.23. The van der Waals surface area contributed by atoms with Gasteiger partial charge in [0, 0.05) is 10.7 Å². The normalized spacial score (nSPS) is 10.9. The number of halogens is 1. The quantitative estimate of drug-likeness (QED) is 0.849. The van der Waals surface area contributed by atoms with Gasteiger partial charge in [0.25, 0.3) is 10.0 Å². The smallest absolute Gasteiger partial charge is 0.262 e. The maximum Gasteiger partial charge on any atom is 0.262 e. The van der Waals surface area contributed by atoms with Crippen LogP contribution in [0.1, 0.15) is 11.1 Å². The molecule has 0 amide bonds. The third kappa shape index (κ3) is 3.27. The first-order valence-corrected chi connectivity index (χ1v) is 7.78. The van der Waals surface area contributed by atoms with Crippen LogP contribution in [0, 0.1) is 18.3 Å². The Bertz CT molecular complexity index is 842. The van der Waals surface area contributed by atoms with Crippen molar-refractivity contribution in [3.05, 3.63) is 52.5 Å². The number of aryl methyl sites for hydroxylation is 1. The molecule has 0 saturated heterocycles. The first kappa shape index (κ1) is 15.2. The van der Waals surface area contributed by atoms with E-state index in [0.29, 0.717) is 16.3 Å². The monoisotopic (exact) mass is 321 g/mol. The first-order valence-electron chi connectivity index (χ1n) is 5.92. The van der Waals surface area contributed by atoms with Crippen LogP contribution in [0.5, 0.6) is 0 Å². The lowest BCUT2D eigenvalue weighted by molar-refractivity contribution is 0.600. The van der Waals surface area contributed by atoms with Gasteiger partial charge in [0.1, 0.15) is 6.07 Å². The molecule has 2 aromatic carbocycles. The fourth-order valence-electron chi connectivity index (χ4n) is 1.80. The van der Waals surface area contributed by atoms with Crippen molar-refractivity contribution in [1.29, 1.82) is 5.26 Å². The summed E-state index contributed by atoms with van der Waals surface area (Å²) in [6.45, 7) is 1.66. The van der Waals surface area contributed by atoms with E-state index in [-0.39, 0.29) is 16.1 Å². The van der Waals surface area contributed by atoms with Gasteiger partial charge in [-0.3, -0.25) is 4.72 Å². The number of hydrogen-bond acceptors (Lipinski definition) is 4. The first-order chi connectivity index (χ1) is 9.83. The maximum absolute atomic E-state index is 12.4. The number of nitrogens with zero attached hydrogens (tertiary/aromatic N) is 1. The number of nitriles is 1. The van der Waals surface area contributed by atoms with Gasteiger partial charge in [0.05, 0.1) is 16.1 Å². The molecular formula is C14H12ClN3O2S. The fourth-order valence-corrected chi connectivity index (χ4v) is 3.33. The lowest BCUT2D eigenvalue weighted by Gasteiger charge is -2.12. The van der Waals surface area contributed by atoms with E-state index in [1.165, 1.54) is 24.3 Å². The second-order valence-corrected chi connectivity index (χ2v) is 6.52. The molecule has 0 heterocycles. The third-order valence-corrected chi connectivity index (χ3v) is 4.59. The van der Waals surface area contributed by atoms with Gasteiger partial charge in [-0.2, -0.15) is 5.26 Å². The predicted molar refractivity (Wildman–Crippen MR) is 82.6 cm³/mol. The Morgan fingerprint density at radius 2 is 1.95 bits per heavy atom. The summed E-state index contributed by atoms with van der Waals surface area (Å²) in [7, 11) is -3.86. The van der Waals surface area contributed by atoms with E-state index in [1.807, 2.05) is 6.07 Å². The van der Waals surface area contributed by atoms with Crippen LogP contribution in [0.25, 0.3) is 0 Å². The molecule has 0 aliphatic carbocycles. The van der Waals surface area contributed by atoms with Crippen molar-refractivity contribution in [1.82, 2.24) is 0 Å². The molecule has 0 radical (unpaired) electrons. The number of sulfonamides is 1. The SMILES string of the molecule is Cc1ccc(N)cc1S(=O)(=O)Nc1cc(Cl)ccc1C#N. The topological polar surface area (TPSA) is 96.0 Å². The molecule has 5 nitrogen and oxygen atoms in total. The van der Waals surface area contributed by atoms with Crippen molar-refractivity contribution in [2.24, 2.45) is 0 Å². The molecule has 3 N–H and O–H groups in total. The van der Waals surface area contributed by atoms with E-state index in [9.17, 15) is 8.42 Å². The lowest BCUT2D eigenvalue weighted by Crippen LogP contribution is -2.15. The molecule has 0 spiro atoms. The Balaban J connectivity index is 2.50. The number of rotatable bonds is 3. The number of nitrogens with two attached hydrogens (primary N) is 1. The van der Waals surface area contributed by atoms with Crippen LogP contribution < -0.4 is 10.5 Å². The van der Waals surface area contributed by atoms with E-state index < -0.39 is 10.0 Å². The molecule has 108 valence electrons. The number of nitrogen functional groups attached to an aromatic ring is 1. The van der Waals surface area contributed by atoms with Crippen LogP contribution in [-0.4, -0.2) is 8.42 Å². The summed E-state index contributed by atoms with van der Waals surface area (Å²) in [5.74, 6) is 0. The summed E-state index contributed by atoms with van der Waals surface area (Å²) in [6, 6.07) is 10.9. The van der Waals surface area contributed by atoms with Gasteiger partial charge >= 0.3 is 0 Å². The number of hydrogen-bond donors (Lipinski definition) is 2. The van der Waals surface area contributed by atoms with Gasteiger partial charge in [-0.05, 0) is 42.8 Å². The molecule has 0 bridgehead atoms. The summed E-state index contributed by atoms with van der Waals surface area (Å²) in [4.78, 5) is 0.0614. The standard InChI is InChI=1S/C14H12ClN3O2S/c1-9-2-5-12(17)7-14(9)21(19,20)18-13-6-11(15)4-3-10(13)8-16/h2-7,18H,17H2,1H3. The molecule has 0 atom stereocenters. The summed E-state index contributed by atoms with van der Waals surface area (Å²) in [5.41, 5.74) is 6.84. The second-order valence-electron chi connectivity index (χ2n) is 4.43. The zero-order valence-electron chi connectivity index (χ0n) is 11.1. The highest BCUT2D eigenvalue weighted by atomic mass is 35.5. The Kier molecular flexibility index (Phi) is 4.07. The van der Waals surface area contributed by atoms with Crippen molar-refractivity contribution in [2.75, 3.05) is 10.5 Å². The van der Waals surface area contributed by atoms with Gasteiger partial charge in [0.15, 0.2) is 0 Å². The van der Waals surface area contributed by atoms with Crippen LogP contribution in [0.15, 0.2) is 41.3 Å². The van der Waals surface area contributed by atoms with E-state index in [0.717, 1.165) is 0 Å². The van der Waals surface area contributed by atoms with E-state index >= 15 is 0 Å². The molecule has 0 aliphatic rings.